The number of hydrogen-bond acceptors (Lipinski definition) is 6. The van der Waals surface area contributed by atoms with Crippen LogP contribution in [0.15, 0.2) is 77.7 Å². The first kappa shape index (κ1) is 23.1. The fourth-order valence-corrected chi connectivity index (χ4v) is 3.61. The Kier molecular flexibility index (Phi) is 6.24. The predicted octanol–water partition coefficient (Wildman–Crippen LogP) is 3.09. The normalized spacial score (nSPS) is 11.5. The molecule has 2 aromatic carbocycles. The van der Waals surface area contributed by atoms with E-state index in [0.29, 0.717) is 11.4 Å². The van der Waals surface area contributed by atoms with Gasteiger partial charge in [0.1, 0.15) is 29.2 Å². The van der Waals surface area contributed by atoms with Gasteiger partial charge in [0.05, 0.1) is 18.5 Å². The number of benzene rings is 2. The third-order valence-corrected chi connectivity index (χ3v) is 5.30. The van der Waals surface area contributed by atoms with Crippen molar-refractivity contribution in [2.75, 3.05) is 7.11 Å². The maximum atomic E-state index is 15.1. The number of halogens is 1. The van der Waals surface area contributed by atoms with Crippen LogP contribution in [-0.2, 0) is 4.79 Å². The smallest absolute Gasteiger partial charge is 0.319 e. The minimum atomic E-state index is -1.92. The van der Waals surface area contributed by atoms with Crippen molar-refractivity contribution in [3.05, 3.63) is 106 Å². The number of carbonyl (C=O) groups is 2. The van der Waals surface area contributed by atoms with Crippen LogP contribution in [0.5, 0.6) is 5.75 Å². The number of Topliss-reactive ketones (excluding diaryl/α,β-unsaturated/α-hetero) is 1. The number of hydrogen-bond donors (Lipinski definition) is 1. The van der Waals surface area contributed by atoms with Crippen LogP contribution in [0.1, 0.15) is 27.7 Å². The average molecular weight is 472 g/mol. The van der Waals surface area contributed by atoms with Gasteiger partial charge in [0, 0.05) is 23.9 Å². The van der Waals surface area contributed by atoms with E-state index in [4.69, 9.17) is 4.74 Å². The van der Waals surface area contributed by atoms with Crippen molar-refractivity contribution >= 4 is 11.8 Å². The molecule has 0 aliphatic heterocycles. The zero-order valence-corrected chi connectivity index (χ0v) is 18.3. The summed E-state index contributed by atoms with van der Waals surface area (Å²) in [7, 11) is 1.48. The summed E-state index contributed by atoms with van der Waals surface area (Å²) in [6, 6.07) is 17.2. The van der Waals surface area contributed by atoms with Gasteiger partial charge in [-0.1, -0.05) is 12.1 Å². The average Bonchev–Trinajstić information content (AvgIpc) is 3.30. The van der Waals surface area contributed by atoms with Gasteiger partial charge in [-0.2, -0.15) is 10.4 Å². The molecule has 0 radical (unpaired) electrons. The highest BCUT2D eigenvalue weighted by Crippen LogP contribution is 2.27. The van der Waals surface area contributed by atoms with Gasteiger partial charge in [-0.25, -0.2) is 9.07 Å². The molecule has 1 N–H and O–H groups in total. The molecule has 0 saturated carbocycles. The number of carbonyl (C=O) groups excluding carboxylic acids is 1. The van der Waals surface area contributed by atoms with Gasteiger partial charge in [0.25, 0.3) is 5.56 Å². The molecule has 0 spiro atoms. The Morgan fingerprint density at radius 3 is 2.40 bits per heavy atom. The van der Waals surface area contributed by atoms with E-state index in [1.807, 2.05) is 6.07 Å². The lowest BCUT2D eigenvalue weighted by molar-refractivity contribution is -0.137. The monoisotopic (exact) mass is 472 g/mol. The first-order chi connectivity index (χ1) is 16.8. The fourth-order valence-electron chi connectivity index (χ4n) is 3.61. The zero-order chi connectivity index (χ0) is 25.1. The van der Waals surface area contributed by atoms with E-state index in [9.17, 15) is 24.8 Å². The van der Waals surface area contributed by atoms with E-state index in [1.54, 1.807) is 30.3 Å². The van der Waals surface area contributed by atoms with E-state index < -0.39 is 34.6 Å². The van der Waals surface area contributed by atoms with Crippen molar-refractivity contribution in [2.24, 2.45) is 0 Å². The molecule has 1 unspecified atom stereocenters. The molecule has 0 aliphatic carbocycles. The molecule has 1 atom stereocenters. The minimum Gasteiger partial charge on any atom is -0.497 e. The van der Waals surface area contributed by atoms with E-state index >= 15 is 4.39 Å². The second-order valence-electron chi connectivity index (χ2n) is 7.39. The van der Waals surface area contributed by atoms with Crippen molar-refractivity contribution in [1.29, 1.82) is 5.26 Å². The van der Waals surface area contributed by atoms with Crippen molar-refractivity contribution in [2.45, 2.75) is 5.92 Å². The Bertz CT molecular complexity index is 1530. The summed E-state index contributed by atoms with van der Waals surface area (Å²) in [5.41, 5.74) is -0.578. The molecule has 35 heavy (non-hydrogen) atoms. The highest BCUT2D eigenvalue weighted by atomic mass is 19.1. The Labute approximate surface area is 197 Å². The number of nitrogens with zero attached hydrogens (tertiary/aromatic N) is 4. The number of methoxy groups -OCH3 is 1. The van der Waals surface area contributed by atoms with Gasteiger partial charge < -0.3 is 9.84 Å². The summed E-state index contributed by atoms with van der Waals surface area (Å²) in [6.45, 7) is 0. The standard InChI is InChI=1S/C25H17FN4O5/c1-35-18-8-5-16(6-9-18)30-21(12-15(14-27)28-30)24(32)23(25(33)34)19-10-7-17(13-20(19)26)29-11-3-2-4-22(29)31/h2-13,23H,1H3,(H,33,34). The van der Waals surface area contributed by atoms with Crippen molar-refractivity contribution in [3.63, 3.8) is 0 Å². The largest absolute Gasteiger partial charge is 0.497 e. The highest BCUT2D eigenvalue weighted by molar-refractivity contribution is 6.12. The van der Waals surface area contributed by atoms with Crippen LogP contribution in [0.4, 0.5) is 4.39 Å². The van der Waals surface area contributed by atoms with Gasteiger partial charge >= 0.3 is 5.97 Å². The van der Waals surface area contributed by atoms with Crippen molar-refractivity contribution in [3.8, 4) is 23.2 Å². The quantitative estimate of drug-likeness (QED) is 0.323. The lowest BCUT2D eigenvalue weighted by atomic mass is 9.92. The van der Waals surface area contributed by atoms with E-state index in [-0.39, 0.29) is 17.1 Å². The molecular formula is C25H17FN4O5. The highest BCUT2D eigenvalue weighted by Gasteiger charge is 2.34. The van der Waals surface area contributed by atoms with E-state index in [1.165, 1.54) is 36.1 Å². The third kappa shape index (κ3) is 4.43. The van der Waals surface area contributed by atoms with Crippen LogP contribution in [-0.4, -0.2) is 38.3 Å². The maximum Gasteiger partial charge on any atom is 0.319 e. The summed E-state index contributed by atoms with van der Waals surface area (Å²) < 4.78 is 22.5. The van der Waals surface area contributed by atoms with Crippen LogP contribution >= 0.6 is 0 Å². The number of pyridine rings is 1. The zero-order valence-electron chi connectivity index (χ0n) is 18.3. The molecule has 0 aliphatic rings. The van der Waals surface area contributed by atoms with Crippen LogP contribution in [0.25, 0.3) is 11.4 Å². The molecule has 0 bridgehead atoms. The van der Waals surface area contributed by atoms with Gasteiger partial charge in [-0.05, 0) is 42.5 Å². The first-order valence-electron chi connectivity index (χ1n) is 10.2. The van der Waals surface area contributed by atoms with Gasteiger partial charge in [-0.15, -0.1) is 0 Å². The van der Waals surface area contributed by atoms with Crippen LogP contribution in [0.3, 0.4) is 0 Å². The Balaban J connectivity index is 1.78. The molecule has 0 fully saturated rings. The van der Waals surface area contributed by atoms with Gasteiger partial charge in [-0.3, -0.25) is 19.0 Å². The van der Waals surface area contributed by atoms with Crippen LogP contribution < -0.4 is 10.3 Å². The maximum absolute atomic E-state index is 15.1. The number of aliphatic carboxylic acids is 1. The Morgan fingerprint density at radius 2 is 1.80 bits per heavy atom. The lowest BCUT2D eigenvalue weighted by Gasteiger charge is -2.15. The van der Waals surface area contributed by atoms with Crippen molar-refractivity contribution < 1.29 is 23.8 Å². The fraction of sp³-hybridized carbons (Fsp3) is 0.0800. The summed E-state index contributed by atoms with van der Waals surface area (Å²) >= 11 is 0. The summed E-state index contributed by atoms with van der Waals surface area (Å²) in [5, 5.41) is 23.2. The van der Waals surface area contributed by atoms with E-state index in [2.05, 4.69) is 5.10 Å². The first-order valence-corrected chi connectivity index (χ1v) is 10.2. The topological polar surface area (TPSA) is 127 Å². The second kappa shape index (κ2) is 9.44. The molecule has 174 valence electrons. The number of carboxylic acid groups (broad SMARTS) is 1. The predicted molar refractivity (Wildman–Crippen MR) is 122 cm³/mol. The van der Waals surface area contributed by atoms with E-state index in [0.717, 1.165) is 22.9 Å². The summed E-state index contributed by atoms with van der Waals surface area (Å²) in [4.78, 5) is 37.6. The lowest BCUT2D eigenvalue weighted by Crippen LogP contribution is -2.25. The van der Waals surface area contributed by atoms with Crippen molar-refractivity contribution in [1.82, 2.24) is 14.3 Å². The molecule has 9 nitrogen and oxygen atoms in total. The number of ether oxygens (including phenoxy) is 1. The molecular weight excluding hydrogens is 455 g/mol. The molecule has 2 heterocycles. The Hall–Kier alpha value is -5.04. The van der Waals surface area contributed by atoms with Crippen LogP contribution in [0, 0.1) is 17.1 Å². The second-order valence-corrected chi connectivity index (χ2v) is 7.39. The Morgan fingerprint density at radius 1 is 1.09 bits per heavy atom. The molecule has 10 heteroatoms. The molecule has 2 aromatic heterocycles. The number of aromatic nitrogens is 3. The minimum absolute atomic E-state index is 0.118. The number of carboxylic acids is 1. The van der Waals surface area contributed by atoms with Gasteiger partial charge in [0.15, 0.2) is 11.5 Å². The number of nitriles is 1. The van der Waals surface area contributed by atoms with Crippen LogP contribution in [0.2, 0.25) is 0 Å². The third-order valence-electron chi connectivity index (χ3n) is 5.30. The number of ketones is 1. The molecule has 4 aromatic rings. The number of rotatable bonds is 7. The molecule has 4 rings (SSSR count). The summed E-state index contributed by atoms with van der Waals surface area (Å²) in [6.07, 6.45) is 1.44. The molecule has 0 amide bonds. The SMILES string of the molecule is COc1ccc(-n2nc(C#N)cc2C(=O)C(C(=O)O)c2ccc(-n3ccccc3=O)cc2F)cc1. The molecule has 0 saturated heterocycles. The summed E-state index contributed by atoms with van der Waals surface area (Å²) in [5.74, 6) is -4.91. The van der Waals surface area contributed by atoms with Gasteiger partial charge in [0.2, 0.25) is 0 Å².